The van der Waals surface area contributed by atoms with Gasteiger partial charge >= 0.3 is 11.9 Å². The van der Waals surface area contributed by atoms with Crippen LogP contribution in [-0.4, -0.2) is 69.6 Å². The lowest BCUT2D eigenvalue weighted by atomic mass is 10.0. The van der Waals surface area contributed by atoms with Crippen molar-refractivity contribution in [2.75, 3.05) is 19.0 Å². The minimum absolute atomic E-state index is 0.0597. The first-order valence-corrected chi connectivity index (χ1v) is 16.3. The summed E-state index contributed by atoms with van der Waals surface area (Å²) in [5.74, 6) is -0.452. The average Bonchev–Trinajstić information content (AvgIpc) is 3.34. The third-order valence-corrected chi connectivity index (χ3v) is 9.89. The fourth-order valence-electron chi connectivity index (χ4n) is 5.33. The van der Waals surface area contributed by atoms with E-state index < -0.39 is 40.8 Å². The molecule has 2 unspecified atom stereocenters. The van der Waals surface area contributed by atoms with Crippen molar-refractivity contribution in [2.24, 2.45) is 0 Å². The van der Waals surface area contributed by atoms with E-state index in [4.69, 9.17) is 25.8 Å². The standard InChI is InChI=1S/C31H30ClN3O7S2/c1-15(36)40-11-16-13-44-29-26(28(38)35(29)27(16)30(39)42-31(2,3)4)34-24(37)12-41-18-6-7-19-23(10-18)43-14-21-20-9-17(32)5-8-22(20)33-25(19)21/h5-10,26,29,33H,11-14H2,1-4H3,(H,34,37). The summed E-state index contributed by atoms with van der Waals surface area (Å²) >= 11 is 9.28. The van der Waals surface area contributed by atoms with Crippen LogP contribution < -0.4 is 10.1 Å². The van der Waals surface area contributed by atoms with Gasteiger partial charge in [-0.05, 0) is 62.7 Å². The van der Waals surface area contributed by atoms with Crippen LogP contribution in [0.1, 0.15) is 33.3 Å². The summed E-state index contributed by atoms with van der Waals surface area (Å²) in [5, 5.41) is 4.04. The predicted octanol–water partition coefficient (Wildman–Crippen LogP) is 5.03. The number of ether oxygens (including phenoxy) is 3. The number of aromatic amines is 1. The molecule has 6 rings (SSSR count). The zero-order valence-electron chi connectivity index (χ0n) is 24.4. The Labute approximate surface area is 267 Å². The second kappa shape index (κ2) is 11.7. The number of carbonyl (C=O) groups is 4. The van der Waals surface area contributed by atoms with Gasteiger partial charge in [0.25, 0.3) is 11.8 Å². The Kier molecular flexibility index (Phi) is 8.10. The molecule has 0 aliphatic carbocycles. The molecule has 0 saturated carbocycles. The number of hydrogen-bond donors (Lipinski definition) is 2. The molecule has 10 nitrogen and oxygen atoms in total. The monoisotopic (exact) mass is 655 g/mol. The molecule has 0 bridgehead atoms. The number of hydrogen-bond acceptors (Lipinski definition) is 9. The van der Waals surface area contributed by atoms with Gasteiger partial charge in [0.05, 0.1) is 5.69 Å². The summed E-state index contributed by atoms with van der Waals surface area (Å²) in [6.07, 6.45) is 0. The van der Waals surface area contributed by atoms with Gasteiger partial charge in [-0.15, -0.1) is 23.5 Å². The third-order valence-electron chi connectivity index (χ3n) is 7.24. The maximum Gasteiger partial charge on any atom is 0.355 e. The van der Waals surface area contributed by atoms with Gasteiger partial charge < -0.3 is 24.5 Å². The number of aromatic nitrogens is 1. The van der Waals surface area contributed by atoms with E-state index in [-0.39, 0.29) is 18.9 Å². The fourth-order valence-corrected chi connectivity index (χ4v) is 7.95. The van der Waals surface area contributed by atoms with Crippen LogP contribution in [0, 0.1) is 0 Å². The molecule has 4 heterocycles. The molecule has 1 fully saturated rings. The first kappa shape index (κ1) is 30.4. The second-order valence-corrected chi connectivity index (χ2v) is 14.2. The highest BCUT2D eigenvalue weighted by Gasteiger charge is 2.54. The molecule has 2 aromatic carbocycles. The number of H-pyrrole nitrogens is 1. The lowest BCUT2D eigenvalue weighted by molar-refractivity contribution is -0.159. The van der Waals surface area contributed by atoms with Crippen LogP contribution in [0.3, 0.4) is 0 Å². The molecular weight excluding hydrogens is 626 g/mol. The summed E-state index contributed by atoms with van der Waals surface area (Å²) in [6, 6.07) is 10.7. The normalized spacial score (nSPS) is 19.0. The van der Waals surface area contributed by atoms with E-state index in [0.29, 0.717) is 22.1 Å². The fraction of sp³-hybridized carbons (Fsp3) is 0.355. The highest BCUT2D eigenvalue weighted by molar-refractivity contribution is 8.00. The van der Waals surface area contributed by atoms with E-state index in [1.165, 1.54) is 29.1 Å². The van der Waals surface area contributed by atoms with Gasteiger partial charge in [0.2, 0.25) is 0 Å². The number of benzene rings is 2. The molecule has 1 aromatic heterocycles. The van der Waals surface area contributed by atoms with Crippen molar-refractivity contribution >= 4 is 69.8 Å². The first-order valence-electron chi connectivity index (χ1n) is 13.9. The quantitative estimate of drug-likeness (QED) is 0.266. The summed E-state index contributed by atoms with van der Waals surface area (Å²) in [5.41, 5.74) is 4.08. The Balaban J connectivity index is 1.10. The number of amides is 2. The lowest BCUT2D eigenvalue weighted by Crippen LogP contribution is -2.71. The Hall–Kier alpha value is -3.61. The van der Waals surface area contributed by atoms with E-state index >= 15 is 0 Å². The van der Waals surface area contributed by atoms with Gasteiger partial charge in [-0.25, -0.2) is 4.79 Å². The Morgan fingerprint density at radius 1 is 1.14 bits per heavy atom. The number of halogens is 1. The maximum absolute atomic E-state index is 13.2. The van der Waals surface area contributed by atoms with E-state index in [1.807, 2.05) is 36.4 Å². The van der Waals surface area contributed by atoms with Crippen molar-refractivity contribution in [2.45, 2.75) is 55.4 Å². The largest absolute Gasteiger partial charge is 0.484 e. The number of nitrogens with one attached hydrogen (secondary N) is 2. The highest BCUT2D eigenvalue weighted by atomic mass is 35.5. The van der Waals surface area contributed by atoms with Crippen LogP contribution >= 0.6 is 35.1 Å². The summed E-state index contributed by atoms with van der Waals surface area (Å²) < 4.78 is 16.5. The van der Waals surface area contributed by atoms with Crippen LogP contribution in [0.25, 0.3) is 22.2 Å². The van der Waals surface area contributed by atoms with Crippen LogP contribution in [0.4, 0.5) is 0 Å². The van der Waals surface area contributed by atoms with Crippen LogP contribution in [-0.2, 0) is 34.4 Å². The van der Waals surface area contributed by atoms with E-state index in [1.54, 1.807) is 32.5 Å². The number of esters is 2. The van der Waals surface area contributed by atoms with Crippen molar-refractivity contribution < 1.29 is 33.4 Å². The molecule has 230 valence electrons. The smallest absolute Gasteiger partial charge is 0.355 e. The van der Waals surface area contributed by atoms with Crippen LogP contribution in [0.15, 0.2) is 52.6 Å². The lowest BCUT2D eigenvalue weighted by Gasteiger charge is -2.49. The number of β-lactam (4-membered cyclic amide) rings is 1. The summed E-state index contributed by atoms with van der Waals surface area (Å²) in [4.78, 5) is 56.4. The maximum atomic E-state index is 13.2. The Morgan fingerprint density at radius 3 is 2.68 bits per heavy atom. The minimum atomic E-state index is -0.836. The topological polar surface area (TPSA) is 127 Å². The number of carbonyl (C=O) groups excluding carboxylic acids is 4. The second-order valence-electron chi connectivity index (χ2n) is 11.6. The zero-order chi connectivity index (χ0) is 31.3. The first-order chi connectivity index (χ1) is 20.9. The molecule has 44 heavy (non-hydrogen) atoms. The van der Waals surface area contributed by atoms with Crippen molar-refractivity contribution in [3.8, 4) is 17.0 Å². The highest BCUT2D eigenvalue weighted by Crippen LogP contribution is 2.46. The van der Waals surface area contributed by atoms with Gasteiger partial charge in [0.1, 0.15) is 35.1 Å². The van der Waals surface area contributed by atoms with E-state index in [9.17, 15) is 19.2 Å². The molecular formula is C31H30ClN3O7S2. The Morgan fingerprint density at radius 2 is 1.93 bits per heavy atom. The van der Waals surface area contributed by atoms with Gasteiger partial charge in [0.15, 0.2) is 6.61 Å². The SMILES string of the molecule is CC(=O)OCC1=C(C(=O)OC(C)(C)C)N2C(=O)C(NC(=O)COc3ccc4c(c3)SCc3c-4[nH]c4ccc(Cl)cc34)C2SC1. The molecule has 1 saturated heterocycles. The number of fused-ring (bicyclic) bond motifs is 6. The molecule has 0 spiro atoms. The summed E-state index contributed by atoms with van der Waals surface area (Å²) in [6.45, 7) is 6.03. The molecule has 0 radical (unpaired) electrons. The number of nitrogens with zero attached hydrogens (tertiary/aromatic N) is 1. The Bertz CT molecular complexity index is 1750. The molecule has 3 aliphatic heterocycles. The van der Waals surface area contributed by atoms with Crippen molar-refractivity contribution in [1.29, 1.82) is 0 Å². The molecule has 13 heteroatoms. The van der Waals surface area contributed by atoms with Gasteiger partial charge in [-0.3, -0.25) is 19.3 Å². The molecule has 2 N–H and O–H groups in total. The van der Waals surface area contributed by atoms with Crippen molar-refractivity contribution in [3.05, 3.63) is 58.3 Å². The number of thioether (sulfide) groups is 2. The molecule has 3 aliphatic rings. The predicted molar refractivity (Wildman–Crippen MR) is 168 cm³/mol. The van der Waals surface area contributed by atoms with Crippen molar-refractivity contribution in [3.63, 3.8) is 0 Å². The van der Waals surface area contributed by atoms with Gasteiger partial charge in [-0.1, -0.05) is 11.6 Å². The zero-order valence-corrected chi connectivity index (χ0v) is 26.8. The number of rotatable bonds is 7. The summed E-state index contributed by atoms with van der Waals surface area (Å²) in [7, 11) is 0. The average molecular weight is 656 g/mol. The van der Waals surface area contributed by atoms with Crippen molar-refractivity contribution in [1.82, 2.24) is 15.2 Å². The minimum Gasteiger partial charge on any atom is -0.484 e. The molecule has 3 aromatic rings. The molecule has 2 atom stereocenters. The van der Waals surface area contributed by atoms with Crippen LogP contribution in [0.2, 0.25) is 5.02 Å². The van der Waals surface area contributed by atoms with E-state index in [0.717, 1.165) is 32.8 Å². The molecule has 2 amide bonds. The third kappa shape index (κ3) is 5.90. The van der Waals surface area contributed by atoms with E-state index in [2.05, 4.69) is 10.3 Å². The van der Waals surface area contributed by atoms with Crippen LogP contribution in [0.5, 0.6) is 5.75 Å². The van der Waals surface area contributed by atoms with Gasteiger partial charge in [-0.2, -0.15) is 0 Å². The van der Waals surface area contributed by atoms with Gasteiger partial charge in [0, 0.05) is 50.4 Å².